The Morgan fingerprint density at radius 3 is 2.44 bits per heavy atom. The van der Waals surface area contributed by atoms with Crippen LogP contribution in [0.25, 0.3) is 0 Å². The first kappa shape index (κ1) is 22.6. The second kappa shape index (κ2) is 10.6. The van der Waals surface area contributed by atoms with Gasteiger partial charge in [0.15, 0.2) is 0 Å². The monoisotopic (exact) mass is 393 g/mol. The van der Waals surface area contributed by atoms with E-state index in [1.54, 1.807) is 43.3 Å². The predicted molar refractivity (Wildman–Crippen MR) is 107 cm³/mol. The third kappa shape index (κ3) is 7.37. The maximum Gasteiger partial charge on any atom is 0.228 e. The van der Waals surface area contributed by atoms with Crippen LogP contribution in [0.5, 0.6) is 0 Å². The number of carbonyl (C=O) groups is 2. The normalized spacial score (nSPS) is 12.4. The molecule has 0 spiro atoms. The van der Waals surface area contributed by atoms with E-state index in [1.165, 1.54) is 6.07 Å². The third-order valence-electron chi connectivity index (χ3n) is 3.86. The van der Waals surface area contributed by atoms with Crippen LogP contribution in [0.1, 0.15) is 37.4 Å². The van der Waals surface area contributed by atoms with Gasteiger partial charge in [0.1, 0.15) is 5.82 Å². The van der Waals surface area contributed by atoms with Gasteiger partial charge in [-0.2, -0.15) is 0 Å². The Balaban J connectivity index is 0.00000364. The first-order valence-electron chi connectivity index (χ1n) is 8.53. The molecule has 0 aromatic heterocycles. The van der Waals surface area contributed by atoms with Gasteiger partial charge < -0.3 is 16.4 Å². The minimum atomic E-state index is -0.401. The molecule has 0 radical (unpaired) electrons. The molecule has 0 aliphatic rings. The molecule has 2 aromatic carbocycles. The van der Waals surface area contributed by atoms with Gasteiger partial charge in [-0.15, -0.1) is 12.4 Å². The van der Waals surface area contributed by atoms with E-state index in [2.05, 4.69) is 10.6 Å². The van der Waals surface area contributed by atoms with Gasteiger partial charge in [0.25, 0.3) is 0 Å². The lowest BCUT2D eigenvalue weighted by Crippen LogP contribution is -2.31. The Hall–Kier alpha value is -2.44. The number of hydrogen-bond acceptors (Lipinski definition) is 3. The molecule has 27 heavy (non-hydrogen) atoms. The van der Waals surface area contributed by atoms with E-state index in [-0.39, 0.29) is 49.1 Å². The lowest BCUT2D eigenvalue weighted by Gasteiger charge is -2.16. The molecule has 2 aromatic rings. The third-order valence-corrected chi connectivity index (χ3v) is 3.86. The number of hydrogen-bond donors (Lipinski definition) is 3. The van der Waals surface area contributed by atoms with Crippen LogP contribution in [0, 0.1) is 5.82 Å². The number of benzene rings is 2. The lowest BCUT2D eigenvalue weighted by molar-refractivity contribution is -0.122. The van der Waals surface area contributed by atoms with E-state index in [1.807, 2.05) is 13.0 Å². The van der Waals surface area contributed by atoms with Crippen molar-refractivity contribution in [2.24, 2.45) is 5.73 Å². The number of halogens is 2. The highest BCUT2D eigenvalue weighted by atomic mass is 35.5. The van der Waals surface area contributed by atoms with Crippen molar-refractivity contribution in [1.82, 2.24) is 5.32 Å². The molecule has 0 aliphatic carbocycles. The molecule has 0 saturated carbocycles. The summed E-state index contributed by atoms with van der Waals surface area (Å²) in [5.74, 6) is -0.829. The minimum Gasteiger partial charge on any atom is -0.350 e. The Labute approximate surface area is 164 Å². The van der Waals surface area contributed by atoms with E-state index >= 15 is 0 Å². The van der Waals surface area contributed by atoms with Gasteiger partial charge in [-0.05, 0) is 43.2 Å². The molecule has 2 rings (SSSR count). The van der Waals surface area contributed by atoms with Crippen LogP contribution < -0.4 is 16.4 Å². The summed E-state index contributed by atoms with van der Waals surface area (Å²) in [6.07, 6.45) is 0.209. The smallest absolute Gasteiger partial charge is 0.228 e. The lowest BCUT2D eigenvalue weighted by atomic mass is 10.1. The van der Waals surface area contributed by atoms with Crippen LogP contribution in [0.2, 0.25) is 0 Å². The van der Waals surface area contributed by atoms with Crippen LogP contribution in [0.3, 0.4) is 0 Å². The highest BCUT2D eigenvalue weighted by Gasteiger charge is 2.13. The van der Waals surface area contributed by atoms with E-state index in [0.717, 1.165) is 5.56 Å². The molecule has 146 valence electrons. The summed E-state index contributed by atoms with van der Waals surface area (Å²) in [7, 11) is 0. The summed E-state index contributed by atoms with van der Waals surface area (Å²) in [5.41, 5.74) is 7.42. The Morgan fingerprint density at radius 2 is 1.78 bits per heavy atom. The van der Waals surface area contributed by atoms with Gasteiger partial charge in [-0.1, -0.05) is 30.3 Å². The van der Waals surface area contributed by atoms with E-state index in [4.69, 9.17) is 5.73 Å². The van der Waals surface area contributed by atoms with Crippen LogP contribution in [0.15, 0.2) is 48.5 Å². The maximum absolute atomic E-state index is 13.6. The topological polar surface area (TPSA) is 84.2 Å². The standard InChI is InChI=1S/C20H24FN3O2.ClH/c1-13(22)10-19(25)23-14(2)15-7-5-8-17(11-15)24-20(26)12-16-6-3-4-9-18(16)21;/h3-9,11,13-14H,10,12,22H2,1-2H3,(H,23,25)(H,24,26);1H. The van der Waals surface area contributed by atoms with Gasteiger partial charge in [-0.25, -0.2) is 4.39 Å². The first-order chi connectivity index (χ1) is 12.3. The van der Waals surface area contributed by atoms with E-state index in [9.17, 15) is 14.0 Å². The van der Waals surface area contributed by atoms with Crippen molar-refractivity contribution >= 4 is 29.9 Å². The molecule has 0 fully saturated rings. The van der Waals surface area contributed by atoms with Gasteiger partial charge >= 0.3 is 0 Å². The molecular formula is C20H25ClFN3O2. The van der Waals surface area contributed by atoms with E-state index in [0.29, 0.717) is 11.3 Å². The van der Waals surface area contributed by atoms with Crippen LogP contribution >= 0.6 is 12.4 Å². The zero-order valence-corrected chi connectivity index (χ0v) is 16.2. The maximum atomic E-state index is 13.6. The Morgan fingerprint density at radius 1 is 1.07 bits per heavy atom. The molecule has 0 aliphatic heterocycles. The molecule has 2 amide bonds. The summed E-state index contributed by atoms with van der Waals surface area (Å²) in [4.78, 5) is 24.0. The molecular weight excluding hydrogens is 369 g/mol. The summed E-state index contributed by atoms with van der Waals surface area (Å²) >= 11 is 0. The molecule has 2 unspecified atom stereocenters. The number of nitrogens with one attached hydrogen (secondary N) is 2. The van der Waals surface area contributed by atoms with Gasteiger partial charge in [0, 0.05) is 18.2 Å². The average Bonchev–Trinajstić information content (AvgIpc) is 2.56. The van der Waals surface area contributed by atoms with Crippen molar-refractivity contribution in [3.8, 4) is 0 Å². The largest absolute Gasteiger partial charge is 0.350 e. The SMILES string of the molecule is CC(N)CC(=O)NC(C)c1cccc(NC(=O)Cc2ccccc2F)c1.Cl. The van der Waals surface area contributed by atoms with Gasteiger partial charge in [-0.3, -0.25) is 9.59 Å². The molecule has 0 bridgehead atoms. The van der Waals surface area contributed by atoms with Gasteiger partial charge in [0.2, 0.25) is 11.8 Å². The fraction of sp³-hybridized carbons (Fsp3) is 0.300. The predicted octanol–water partition coefficient (Wildman–Crippen LogP) is 3.34. The van der Waals surface area contributed by atoms with Crippen molar-refractivity contribution in [2.75, 3.05) is 5.32 Å². The fourth-order valence-corrected chi connectivity index (χ4v) is 2.58. The number of anilines is 1. The van der Waals surface area contributed by atoms with Crippen molar-refractivity contribution in [3.05, 3.63) is 65.5 Å². The highest BCUT2D eigenvalue weighted by molar-refractivity contribution is 5.92. The highest BCUT2D eigenvalue weighted by Crippen LogP contribution is 2.18. The number of amides is 2. The van der Waals surface area contributed by atoms with Crippen molar-refractivity contribution in [1.29, 1.82) is 0 Å². The zero-order chi connectivity index (χ0) is 19.1. The van der Waals surface area contributed by atoms with E-state index < -0.39 is 5.82 Å². The Bertz CT molecular complexity index is 783. The summed E-state index contributed by atoms with van der Waals surface area (Å²) in [6, 6.07) is 13.0. The van der Waals surface area contributed by atoms with Crippen LogP contribution in [-0.4, -0.2) is 17.9 Å². The molecule has 4 N–H and O–H groups in total. The number of carbonyl (C=O) groups excluding carboxylic acids is 2. The van der Waals surface area contributed by atoms with Crippen molar-refractivity contribution in [3.63, 3.8) is 0 Å². The quantitative estimate of drug-likeness (QED) is 0.674. The summed E-state index contributed by atoms with van der Waals surface area (Å²) in [5, 5.41) is 5.63. The van der Waals surface area contributed by atoms with Crippen LogP contribution in [0.4, 0.5) is 10.1 Å². The fourth-order valence-electron chi connectivity index (χ4n) is 2.58. The van der Waals surface area contributed by atoms with Crippen molar-refractivity contribution in [2.45, 2.75) is 38.8 Å². The minimum absolute atomic E-state index is 0. The summed E-state index contributed by atoms with van der Waals surface area (Å²) < 4.78 is 13.6. The first-order valence-corrected chi connectivity index (χ1v) is 8.53. The number of nitrogens with two attached hydrogens (primary N) is 1. The second-order valence-electron chi connectivity index (χ2n) is 6.41. The Kier molecular flexibility index (Phi) is 8.91. The zero-order valence-electron chi connectivity index (χ0n) is 15.4. The van der Waals surface area contributed by atoms with Crippen molar-refractivity contribution < 1.29 is 14.0 Å². The molecule has 7 heteroatoms. The second-order valence-corrected chi connectivity index (χ2v) is 6.41. The molecule has 0 heterocycles. The molecule has 2 atom stereocenters. The average molecular weight is 394 g/mol. The molecule has 5 nitrogen and oxygen atoms in total. The number of rotatable bonds is 7. The molecule has 0 saturated heterocycles. The van der Waals surface area contributed by atoms with Crippen LogP contribution in [-0.2, 0) is 16.0 Å². The van der Waals surface area contributed by atoms with Gasteiger partial charge in [0.05, 0.1) is 12.5 Å². The summed E-state index contributed by atoms with van der Waals surface area (Å²) in [6.45, 7) is 3.63.